The van der Waals surface area contributed by atoms with Crippen LogP contribution in [-0.4, -0.2) is 0 Å². The van der Waals surface area contributed by atoms with Gasteiger partial charge in [0, 0.05) is 0 Å². The number of hydrogen-bond acceptors (Lipinski definition) is 0. The zero-order chi connectivity index (χ0) is 8.34. The molecule has 0 aromatic carbocycles. The van der Waals surface area contributed by atoms with E-state index in [9.17, 15) is 0 Å². The van der Waals surface area contributed by atoms with E-state index >= 15 is 0 Å². The Morgan fingerprint density at radius 3 is 3.00 bits per heavy atom. The highest BCUT2D eigenvalue weighted by Crippen LogP contribution is 2.71. The van der Waals surface area contributed by atoms with Crippen molar-refractivity contribution in [3.05, 3.63) is 12.7 Å². The van der Waals surface area contributed by atoms with Crippen molar-refractivity contribution in [3.8, 4) is 0 Å². The minimum absolute atomic E-state index is 0.771. The smallest absolute Gasteiger partial charge is 0.0205 e. The SMILES string of the molecule is C=CC1CCC2(C)CC3CC1C32. The Hall–Kier alpha value is -0.260. The van der Waals surface area contributed by atoms with E-state index in [0.717, 1.165) is 29.1 Å². The zero-order valence-corrected chi connectivity index (χ0v) is 7.92. The summed E-state index contributed by atoms with van der Waals surface area (Å²) in [5.74, 6) is 4.15. The van der Waals surface area contributed by atoms with Crippen LogP contribution in [0.3, 0.4) is 0 Å². The summed E-state index contributed by atoms with van der Waals surface area (Å²) < 4.78 is 0. The lowest BCUT2D eigenvalue weighted by Gasteiger charge is -2.69. The maximum Gasteiger partial charge on any atom is -0.0205 e. The first-order valence-corrected chi connectivity index (χ1v) is 5.37. The molecule has 3 aliphatic rings. The lowest BCUT2D eigenvalue weighted by atomic mass is 9.35. The third kappa shape index (κ3) is 0.616. The Morgan fingerprint density at radius 2 is 2.33 bits per heavy atom. The van der Waals surface area contributed by atoms with Crippen LogP contribution < -0.4 is 0 Å². The molecule has 0 bridgehead atoms. The van der Waals surface area contributed by atoms with Crippen LogP contribution in [0.4, 0.5) is 0 Å². The molecule has 3 fully saturated rings. The van der Waals surface area contributed by atoms with E-state index in [4.69, 9.17) is 0 Å². The number of hydrogen-bond donors (Lipinski definition) is 0. The fraction of sp³-hybridized carbons (Fsp3) is 0.833. The Bertz CT molecular complexity index is 230. The molecule has 0 radical (unpaired) electrons. The first-order valence-electron chi connectivity index (χ1n) is 5.37. The lowest BCUT2D eigenvalue weighted by Crippen LogP contribution is -2.62. The molecule has 3 rings (SSSR count). The summed E-state index contributed by atoms with van der Waals surface area (Å²) in [4.78, 5) is 0. The van der Waals surface area contributed by atoms with Crippen LogP contribution in [0.15, 0.2) is 12.7 Å². The van der Waals surface area contributed by atoms with Gasteiger partial charge in [0.1, 0.15) is 0 Å². The van der Waals surface area contributed by atoms with E-state index in [1.165, 1.54) is 25.7 Å². The van der Waals surface area contributed by atoms with Gasteiger partial charge in [-0.1, -0.05) is 13.0 Å². The summed E-state index contributed by atoms with van der Waals surface area (Å²) >= 11 is 0. The van der Waals surface area contributed by atoms with Crippen LogP contribution in [0, 0.1) is 29.1 Å². The zero-order valence-electron chi connectivity index (χ0n) is 7.92. The van der Waals surface area contributed by atoms with E-state index in [1.807, 2.05) is 0 Å². The monoisotopic (exact) mass is 162 g/mol. The van der Waals surface area contributed by atoms with Gasteiger partial charge in [-0.2, -0.15) is 0 Å². The summed E-state index contributed by atoms with van der Waals surface area (Å²) in [5.41, 5.74) is 0.771. The van der Waals surface area contributed by atoms with E-state index < -0.39 is 0 Å². The molecule has 5 atom stereocenters. The standard InChI is InChI=1S/C12H18/c1-3-8-4-5-12(2)7-9-6-10(8)11(9)12/h3,8-11H,1,4-7H2,2H3. The van der Waals surface area contributed by atoms with Gasteiger partial charge < -0.3 is 0 Å². The van der Waals surface area contributed by atoms with Crippen LogP contribution in [-0.2, 0) is 0 Å². The Labute approximate surface area is 75.0 Å². The van der Waals surface area contributed by atoms with Crippen LogP contribution in [0.2, 0.25) is 0 Å². The predicted molar refractivity (Wildman–Crippen MR) is 50.7 cm³/mol. The molecule has 0 aromatic rings. The van der Waals surface area contributed by atoms with Crippen molar-refractivity contribution in [2.45, 2.75) is 32.6 Å². The van der Waals surface area contributed by atoms with Crippen molar-refractivity contribution in [3.63, 3.8) is 0 Å². The Kier molecular flexibility index (Phi) is 1.18. The van der Waals surface area contributed by atoms with Crippen molar-refractivity contribution < 1.29 is 0 Å². The fourth-order valence-electron chi connectivity index (χ4n) is 4.38. The Morgan fingerprint density at radius 1 is 1.50 bits per heavy atom. The van der Waals surface area contributed by atoms with Crippen LogP contribution >= 0.6 is 0 Å². The third-order valence-corrected chi connectivity index (χ3v) is 4.98. The first kappa shape index (κ1) is 7.17. The van der Waals surface area contributed by atoms with Crippen LogP contribution in [0.25, 0.3) is 0 Å². The minimum atomic E-state index is 0.771. The molecule has 66 valence electrons. The molecule has 0 nitrogen and oxygen atoms in total. The first-order chi connectivity index (χ1) is 5.74. The third-order valence-electron chi connectivity index (χ3n) is 4.98. The van der Waals surface area contributed by atoms with Crippen molar-refractivity contribution in [2.75, 3.05) is 0 Å². The van der Waals surface area contributed by atoms with Crippen molar-refractivity contribution in [2.24, 2.45) is 29.1 Å². The molecule has 0 heteroatoms. The molecule has 0 spiro atoms. The molecule has 0 N–H and O–H groups in total. The molecule has 0 saturated heterocycles. The molecule has 0 aromatic heterocycles. The second-order valence-corrected chi connectivity index (χ2v) is 5.48. The Balaban J connectivity index is 1.85. The number of allylic oxidation sites excluding steroid dienone is 1. The van der Waals surface area contributed by atoms with E-state index in [1.54, 1.807) is 0 Å². The van der Waals surface area contributed by atoms with Gasteiger partial charge in [-0.15, -0.1) is 6.58 Å². The van der Waals surface area contributed by atoms with E-state index in [2.05, 4.69) is 19.6 Å². The molecule has 5 unspecified atom stereocenters. The average Bonchev–Trinajstić information content (AvgIpc) is 1.97. The summed E-state index contributed by atoms with van der Waals surface area (Å²) in [6.45, 7) is 6.48. The quantitative estimate of drug-likeness (QED) is 0.519. The minimum Gasteiger partial charge on any atom is -0.103 e. The van der Waals surface area contributed by atoms with Gasteiger partial charge in [-0.25, -0.2) is 0 Å². The molecule has 3 aliphatic carbocycles. The molecule has 0 heterocycles. The van der Waals surface area contributed by atoms with E-state index in [-0.39, 0.29) is 0 Å². The largest absolute Gasteiger partial charge is 0.103 e. The molecule has 12 heavy (non-hydrogen) atoms. The second kappa shape index (κ2) is 1.97. The molecular weight excluding hydrogens is 144 g/mol. The van der Waals surface area contributed by atoms with Crippen molar-refractivity contribution >= 4 is 0 Å². The van der Waals surface area contributed by atoms with Gasteiger partial charge in [-0.05, 0) is 54.8 Å². The van der Waals surface area contributed by atoms with Gasteiger partial charge in [-0.3, -0.25) is 0 Å². The average molecular weight is 162 g/mol. The van der Waals surface area contributed by atoms with Crippen molar-refractivity contribution in [1.82, 2.24) is 0 Å². The topological polar surface area (TPSA) is 0 Å². The molecular formula is C12H18. The maximum atomic E-state index is 3.97. The normalized spacial score (nSPS) is 61.1. The van der Waals surface area contributed by atoms with Gasteiger partial charge in [0.25, 0.3) is 0 Å². The second-order valence-electron chi connectivity index (χ2n) is 5.48. The van der Waals surface area contributed by atoms with Crippen LogP contribution in [0.5, 0.6) is 0 Å². The highest BCUT2D eigenvalue weighted by molar-refractivity contribution is 5.14. The summed E-state index contributed by atoms with van der Waals surface area (Å²) in [5, 5.41) is 0. The highest BCUT2D eigenvalue weighted by atomic mass is 14.7. The summed E-state index contributed by atoms with van der Waals surface area (Å²) in [6.07, 6.45) is 8.18. The lowest BCUT2D eigenvalue weighted by molar-refractivity contribution is -0.198. The molecule has 0 amide bonds. The van der Waals surface area contributed by atoms with Crippen molar-refractivity contribution in [1.29, 1.82) is 0 Å². The maximum absolute atomic E-state index is 3.97. The van der Waals surface area contributed by atoms with Gasteiger partial charge in [0.15, 0.2) is 0 Å². The number of rotatable bonds is 1. The van der Waals surface area contributed by atoms with Gasteiger partial charge in [0.2, 0.25) is 0 Å². The highest BCUT2D eigenvalue weighted by Gasteiger charge is 2.63. The van der Waals surface area contributed by atoms with E-state index in [0.29, 0.717) is 0 Å². The fourth-order valence-corrected chi connectivity index (χ4v) is 4.38. The van der Waals surface area contributed by atoms with Crippen LogP contribution in [0.1, 0.15) is 32.6 Å². The summed E-state index contributed by atoms with van der Waals surface area (Å²) in [7, 11) is 0. The predicted octanol–water partition coefficient (Wildman–Crippen LogP) is 3.24. The van der Waals surface area contributed by atoms with Gasteiger partial charge >= 0.3 is 0 Å². The van der Waals surface area contributed by atoms with Gasteiger partial charge in [0.05, 0.1) is 0 Å². The summed E-state index contributed by atoms with van der Waals surface area (Å²) in [6, 6.07) is 0. The molecule has 0 aliphatic heterocycles. The molecule has 3 saturated carbocycles.